The summed E-state index contributed by atoms with van der Waals surface area (Å²) < 4.78 is 16.9. The fourth-order valence-electron chi connectivity index (χ4n) is 3.79. The van der Waals surface area contributed by atoms with E-state index in [1.165, 1.54) is 0 Å². The lowest BCUT2D eigenvalue weighted by Gasteiger charge is -2.22. The molecule has 31 heavy (non-hydrogen) atoms. The van der Waals surface area contributed by atoms with E-state index in [-0.39, 0.29) is 6.10 Å². The number of hydrogen-bond acceptors (Lipinski definition) is 5. The van der Waals surface area contributed by atoms with Gasteiger partial charge in [0.05, 0.1) is 26.5 Å². The Morgan fingerprint density at radius 3 is 2.42 bits per heavy atom. The third-order valence-electron chi connectivity index (χ3n) is 5.45. The second kappa shape index (κ2) is 11.3. The van der Waals surface area contributed by atoms with Crippen molar-refractivity contribution in [2.24, 2.45) is 10.9 Å². The molecule has 0 spiro atoms. The van der Waals surface area contributed by atoms with Crippen molar-refractivity contribution in [2.45, 2.75) is 19.4 Å². The number of hydrogen-bond donors (Lipinski definition) is 2. The van der Waals surface area contributed by atoms with Gasteiger partial charge in [-0.3, -0.25) is 4.99 Å². The molecule has 2 aromatic carbocycles. The van der Waals surface area contributed by atoms with Crippen LogP contribution in [0.1, 0.15) is 13.3 Å². The highest BCUT2D eigenvalue weighted by molar-refractivity contribution is 5.79. The normalized spacial score (nSPS) is 17.2. The van der Waals surface area contributed by atoms with E-state index >= 15 is 0 Å². The SMILES string of the molecule is CN=C(NCC1CCN(c2ccccc2OC)C1)NCC(C)Oc1ccccc1OC. The van der Waals surface area contributed by atoms with Crippen molar-refractivity contribution < 1.29 is 14.2 Å². The van der Waals surface area contributed by atoms with Gasteiger partial charge >= 0.3 is 0 Å². The molecule has 1 aliphatic rings. The number of benzene rings is 2. The maximum absolute atomic E-state index is 6.01. The Morgan fingerprint density at radius 1 is 1.03 bits per heavy atom. The van der Waals surface area contributed by atoms with Crippen LogP contribution >= 0.6 is 0 Å². The molecule has 0 radical (unpaired) electrons. The Hall–Kier alpha value is -3.09. The van der Waals surface area contributed by atoms with Crippen LogP contribution in [0.15, 0.2) is 53.5 Å². The van der Waals surface area contributed by atoms with Crippen molar-refractivity contribution in [3.63, 3.8) is 0 Å². The first-order valence-electron chi connectivity index (χ1n) is 10.8. The van der Waals surface area contributed by atoms with E-state index in [0.29, 0.717) is 12.5 Å². The summed E-state index contributed by atoms with van der Waals surface area (Å²) in [5, 5.41) is 6.81. The van der Waals surface area contributed by atoms with E-state index in [2.05, 4.69) is 32.7 Å². The minimum atomic E-state index is -0.0395. The van der Waals surface area contributed by atoms with Crippen molar-refractivity contribution in [2.75, 3.05) is 52.3 Å². The van der Waals surface area contributed by atoms with Crippen LogP contribution in [0.25, 0.3) is 0 Å². The molecule has 1 aliphatic heterocycles. The van der Waals surface area contributed by atoms with Crippen LogP contribution in [-0.2, 0) is 0 Å². The molecule has 0 aliphatic carbocycles. The van der Waals surface area contributed by atoms with Crippen LogP contribution in [0.2, 0.25) is 0 Å². The number of para-hydroxylation sites is 4. The average molecular weight is 427 g/mol. The fourth-order valence-corrected chi connectivity index (χ4v) is 3.79. The van der Waals surface area contributed by atoms with Gasteiger partial charge in [-0.1, -0.05) is 24.3 Å². The van der Waals surface area contributed by atoms with Gasteiger partial charge in [0, 0.05) is 26.7 Å². The summed E-state index contributed by atoms with van der Waals surface area (Å²) in [6.07, 6.45) is 1.09. The van der Waals surface area contributed by atoms with Gasteiger partial charge in [-0.2, -0.15) is 0 Å². The van der Waals surface area contributed by atoms with Crippen molar-refractivity contribution >= 4 is 11.6 Å². The molecule has 0 amide bonds. The number of methoxy groups -OCH3 is 2. The molecule has 0 saturated carbocycles. The number of nitrogens with zero attached hydrogens (tertiary/aromatic N) is 2. The fraction of sp³-hybridized carbons (Fsp3) is 0.458. The van der Waals surface area contributed by atoms with Gasteiger partial charge in [0.1, 0.15) is 11.9 Å². The Kier molecular flexibility index (Phi) is 8.27. The first kappa shape index (κ1) is 22.6. The van der Waals surface area contributed by atoms with E-state index in [4.69, 9.17) is 14.2 Å². The highest BCUT2D eigenvalue weighted by Crippen LogP contribution is 2.31. The maximum atomic E-state index is 6.01. The maximum Gasteiger partial charge on any atom is 0.191 e. The summed E-state index contributed by atoms with van der Waals surface area (Å²) in [5.74, 6) is 3.73. The molecular weight excluding hydrogens is 392 g/mol. The Bertz CT molecular complexity index is 858. The second-order valence-electron chi connectivity index (χ2n) is 7.69. The number of nitrogens with one attached hydrogen (secondary N) is 2. The summed E-state index contributed by atoms with van der Waals surface area (Å²) in [6.45, 7) is 5.55. The monoisotopic (exact) mass is 426 g/mol. The van der Waals surface area contributed by atoms with E-state index in [1.54, 1.807) is 21.3 Å². The predicted octanol–water partition coefficient (Wildman–Crippen LogP) is 3.16. The summed E-state index contributed by atoms with van der Waals surface area (Å²) in [4.78, 5) is 6.74. The van der Waals surface area contributed by atoms with Crippen LogP contribution in [-0.4, -0.2) is 59.5 Å². The summed E-state index contributed by atoms with van der Waals surface area (Å²) in [5.41, 5.74) is 1.16. The van der Waals surface area contributed by atoms with Crippen LogP contribution in [0.3, 0.4) is 0 Å². The third kappa shape index (κ3) is 6.20. The largest absolute Gasteiger partial charge is 0.495 e. The van der Waals surface area contributed by atoms with Gasteiger partial charge in [0.25, 0.3) is 0 Å². The van der Waals surface area contributed by atoms with Crippen molar-refractivity contribution in [3.05, 3.63) is 48.5 Å². The quantitative estimate of drug-likeness (QED) is 0.474. The lowest BCUT2D eigenvalue weighted by Crippen LogP contribution is -2.43. The van der Waals surface area contributed by atoms with E-state index in [1.807, 2.05) is 43.3 Å². The van der Waals surface area contributed by atoms with Gasteiger partial charge in [-0.05, 0) is 43.5 Å². The van der Waals surface area contributed by atoms with Gasteiger partial charge in [-0.25, -0.2) is 0 Å². The number of rotatable bonds is 9. The molecule has 7 heteroatoms. The van der Waals surface area contributed by atoms with Crippen LogP contribution in [0.4, 0.5) is 5.69 Å². The molecule has 3 rings (SSSR count). The molecule has 1 fully saturated rings. The van der Waals surface area contributed by atoms with Gasteiger partial charge in [0.15, 0.2) is 17.5 Å². The number of aliphatic imine (C=N–C) groups is 1. The lowest BCUT2D eigenvalue weighted by molar-refractivity contribution is 0.213. The molecule has 168 valence electrons. The number of ether oxygens (including phenoxy) is 3. The first-order chi connectivity index (χ1) is 15.1. The lowest BCUT2D eigenvalue weighted by atomic mass is 10.1. The Morgan fingerprint density at radius 2 is 1.71 bits per heavy atom. The van der Waals surface area contributed by atoms with E-state index in [9.17, 15) is 0 Å². The molecule has 1 saturated heterocycles. The number of guanidine groups is 1. The van der Waals surface area contributed by atoms with Crippen LogP contribution < -0.4 is 29.7 Å². The molecule has 0 bridgehead atoms. The molecule has 2 atom stereocenters. The van der Waals surface area contributed by atoms with E-state index < -0.39 is 0 Å². The van der Waals surface area contributed by atoms with Gasteiger partial charge < -0.3 is 29.7 Å². The zero-order valence-corrected chi connectivity index (χ0v) is 18.9. The molecule has 0 aromatic heterocycles. The van der Waals surface area contributed by atoms with Crippen molar-refractivity contribution in [3.8, 4) is 17.2 Å². The van der Waals surface area contributed by atoms with Crippen LogP contribution in [0.5, 0.6) is 17.2 Å². The standard InChI is InChI=1S/C24H34N4O3/c1-18(31-23-12-8-7-11-22(23)30-4)15-26-24(25-2)27-16-19-13-14-28(17-19)20-9-5-6-10-21(20)29-3/h5-12,18-19H,13-17H2,1-4H3,(H2,25,26,27). The predicted molar refractivity (Wildman–Crippen MR) is 126 cm³/mol. The summed E-state index contributed by atoms with van der Waals surface area (Å²) in [7, 11) is 5.16. The third-order valence-corrected chi connectivity index (χ3v) is 5.45. The smallest absolute Gasteiger partial charge is 0.191 e. The van der Waals surface area contributed by atoms with Crippen LogP contribution in [0, 0.1) is 5.92 Å². The highest BCUT2D eigenvalue weighted by atomic mass is 16.5. The van der Waals surface area contributed by atoms with Gasteiger partial charge in [-0.15, -0.1) is 0 Å². The minimum Gasteiger partial charge on any atom is -0.495 e. The zero-order valence-electron chi connectivity index (χ0n) is 18.9. The number of anilines is 1. The topological polar surface area (TPSA) is 67.4 Å². The zero-order chi connectivity index (χ0) is 22.1. The van der Waals surface area contributed by atoms with E-state index in [0.717, 1.165) is 55.0 Å². The molecule has 2 aromatic rings. The molecule has 2 N–H and O–H groups in total. The first-order valence-corrected chi connectivity index (χ1v) is 10.8. The Labute approximate surface area is 185 Å². The summed E-state index contributed by atoms with van der Waals surface area (Å²) >= 11 is 0. The van der Waals surface area contributed by atoms with Crippen molar-refractivity contribution in [1.82, 2.24) is 10.6 Å². The minimum absolute atomic E-state index is 0.0395. The molecule has 2 unspecified atom stereocenters. The second-order valence-corrected chi connectivity index (χ2v) is 7.69. The molecule has 7 nitrogen and oxygen atoms in total. The Balaban J connectivity index is 1.43. The highest BCUT2D eigenvalue weighted by Gasteiger charge is 2.24. The molecular formula is C24H34N4O3. The van der Waals surface area contributed by atoms with Crippen molar-refractivity contribution in [1.29, 1.82) is 0 Å². The molecule has 1 heterocycles. The summed E-state index contributed by atoms with van der Waals surface area (Å²) in [6, 6.07) is 15.9. The van der Waals surface area contributed by atoms with Gasteiger partial charge in [0.2, 0.25) is 0 Å². The average Bonchev–Trinajstić information content (AvgIpc) is 3.28.